The summed E-state index contributed by atoms with van der Waals surface area (Å²) in [6.45, 7) is 4.01. The smallest absolute Gasteiger partial charge is 0.250 e. The van der Waals surface area contributed by atoms with Crippen molar-refractivity contribution in [3.63, 3.8) is 0 Å². The first-order valence-corrected chi connectivity index (χ1v) is 9.99. The Morgan fingerprint density at radius 1 is 1.21 bits per heavy atom. The van der Waals surface area contributed by atoms with Gasteiger partial charge in [-0.05, 0) is 36.6 Å². The summed E-state index contributed by atoms with van der Waals surface area (Å²) < 4.78 is 1.75. The van der Waals surface area contributed by atoms with Gasteiger partial charge in [0.25, 0.3) is 5.95 Å². The SMILES string of the molecule is CCCC(=O)Nc1nc2n(n1)[C@H](c1ccccc1Cl)C=C(c1ccc(C)cc1)N2. The largest absolute Gasteiger partial charge is 0.324 e. The summed E-state index contributed by atoms with van der Waals surface area (Å²) in [4.78, 5) is 16.5. The third-order valence-electron chi connectivity index (χ3n) is 4.78. The summed E-state index contributed by atoms with van der Waals surface area (Å²) >= 11 is 6.49. The lowest BCUT2D eigenvalue weighted by Gasteiger charge is -2.25. The maximum atomic E-state index is 12.0. The van der Waals surface area contributed by atoms with E-state index in [0.717, 1.165) is 23.2 Å². The van der Waals surface area contributed by atoms with Gasteiger partial charge in [-0.1, -0.05) is 66.6 Å². The maximum Gasteiger partial charge on any atom is 0.250 e. The molecule has 2 heterocycles. The van der Waals surface area contributed by atoms with E-state index < -0.39 is 0 Å². The lowest BCUT2D eigenvalue weighted by molar-refractivity contribution is -0.116. The van der Waals surface area contributed by atoms with Gasteiger partial charge >= 0.3 is 0 Å². The number of carbonyl (C=O) groups excluding carboxylic acids is 1. The van der Waals surface area contributed by atoms with Crippen LogP contribution < -0.4 is 10.6 Å². The molecule has 0 saturated carbocycles. The zero-order valence-corrected chi connectivity index (χ0v) is 17.1. The molecule has 0 unspecified atom stereocenters. The Morgan fingerprint density at radius 3 is 2.69 bits per heavy atom. The van der Waals surface area contributed by atoms with E-state index in [1.165, 1.54) is 5.56 Å². The summed E-state index contributed by atoms with van der Waals surface area (Å²) in [5, 5.41) is 11.3. The molecule has 0 fully saturated rings. The second-order valence-corrected chi connectivity index (χ2v) is 7.45. The van der Waals surface area contributed by atoms with Gasteiger partial charge in [-0.15, -0.1) is 5.10 Å². The van der Waals surface area contributed by atoms with Crippen LogP contribution in [0.1, 0.15) is 42.5 Å². The monoisotopic (exact) mass is 407 g/mol. The van der Waals surface area contributed by atoms with Crippen LogP contribution in [-0.4, -0.2) is 20.7 Å². The molecule has 3 aromatic rings. The molecular formula is C22H22ClN5O. The van der Waals surface area contributed by atoms with Crippen molar-refractivity contribution in [3.8, 4) is 0 Å². The van der Waals surface area contributed by atoms with E-state index in [1.54, 1.807) is 4.68 Å². The summed E-state index contributed by atoms with van der Waals surface area (Å²) in [6.07, 6.45) is 3.27. The van der Waals surface area contributed by atoms with Crippen molar-refractivity contribution in [2.45, 2.75) is 32.7 Å². The molecule has 0 spiro atoms. The number of aryl methyl sites for hydroxylation is 1. The average Bonchev–Trinajstić information content (AvgIpc) is 3.10. The number of anilines is 2. The van der Waals surface area contributed by atoms with Crippen LogP contribution in [0.15, 0.2) is 54.6 Å². The van der Waals surface area contributed by atoms with Gasteiger partial charge in [0.05, 0.1) is 0 Å². The first-order valence-electron chi connectivity index (χ1n) is 9.62. The number of rotatable bonds is 5. The lowest BCUT2D eigenvalue weighted by atomic mass is 10.0. The first-order chi connectivity index (χ1) is 14.0. The number of benzene rings is 2. The number of aromatic nitrogens is 3. The molecule has 1 atom stereocenters. The molecule has 2 aromatic carbocycles. The summed E-state index contributed by atoms with van der Waals surface area (Å²) in [5.74, 6) is 0.734. The molecule has 1 aromatic heterocycles. The van der Waals surface area contributed by atoms with E-state index in [-0.39, 0.29) is 17.9 Å². The molecule has 1 amide bonds. The van der Waals surface area contributed by atoms with Crippen molar-refractivity contribution in [1.82, 2.24) is 14.8 Å². The summed E-state index contributed by atoms with van der Waals surface area (Å²) in [6, 6.07) is 15.7. The Hall–Kier alpha value is -3.12. The van der Waals surface area contributed by atoms with E-state index in [4.69, 9.17) is 11.6 Å². The third-order valence-corrected chi connectivity index (χ3v) is 5.12. The Labute approximate surface area is 174 Å². The molecular weight excluding hydrogens is 386 g/mol. The van der Waals surface area contributed by atoms with Crippen LogP contribution in [-0.2, 0) is 4.79 Å². The van der Waals surface area contributed by atoms with Gasteiger partial charge in [-0.3, -0.25) is 10.1 Å². The highest BCUT2D eigenvalue weighted by Crippen LogP contribution is 2.35. The molecule has 1 aliphatic heterocycles. The minimum atomic E-state index is -0.249. The standard InChI is InChI=1S/C22H22ClN5O/c1-3-6-20(29)25-21-26-22-24-18(15-11-9-14(2)10-12-15)13-19(28(22)27-21)16-7-4-5-8-17(16)23/h4-5,7-13,19H,3,6H2,1-2H3,(H2,24,25,26,27,29)/t19-/m0/s1. The van der Waals surface area contributed by atoms with Crippen molar-refractivity contribution in [2.24, 2.45) is 0 Å². The average molecular weight is 408 g/mol. The molecule has 7 heteroatoms. The predicted octanol–water partition coefficient (Wildman–Crippen LogP) is 5.03. The van der Waals surface area contributed by atoms with Crippen molar-refractivity contribution in [2.75, 3.05) is 10.6 Å². The second-order valence-electron chi connectivity index (χ2n) is 7.04. The van der Waals surface area contributed by atoms with Crippen molar-refractivity contribution in [3.05, 3.63) is 76.3 Å². The van der Waals surface area contributed by atoms with E-state index in [2.05, 4.69) is 58.0 Å². The number of amides is 1. The van der Waals surface area contributed by atoms with Gasteiger partial charge < -0.3 is 5.32 Å². The summed E-state index contributed by atoms with van der Waals surface area (Å²) in [5.41, 5.74) is 4.06. The van der Waals surface area contributed by atoms with Crippen molar-refractivity contribution < 1.29 is 4.79 Å². The van der Waals surface area contributed by atoms with Crippen LogP contribution in [0.4, 0.5) is 11.9 Å². The number of halogens is 1. The molecule has 0 radical (unpaired) electrons. The molecule has 4 rings (SSSR count). The molecule has 0 bridgehead atoms. The van der Waals surface area contributed by atoms with Crippen LogP contribution in [0.5, 0.6) is 0 Å². The van der Waals surface area contributed by atoms with Gasteiger partial charge in [0.15, 0.2) is 0 Å². The quantitative estimate of drug-likeness (QED) is 0.621. The Bertz CT molecular complexity index is 1070. The molecule has 2 N–H and O–H groups in total. The number of carbonyl (C=O) groups is 1. The van der Waals surface area contributed by atoms with Crippen LogP contribution >= 0.6 is 11.6 Å². The lowest BCUT2D eigenvalue weighted by Crippen LogP contribution is -2.20. The normalized spacial score (nSPS) is 15.3. The van der Waals surface area contributed by atoms with Crippen molar-refractivity contribution in [1.29, 1.82) is 0 Å². The Kier molecular flexibility index (Phi) is 5.36. The minimum absolute atomic E-state index is 0.101. The van der Waals surface area contributed by atoms with Gasteiger partial charge in [0, 0.05) is 17.1 Å². The van der Waals surface area contributed by atoms with E-state index in [1.807, 2.05) is 31.2 Å². The number of hydrogen-bond donors (Lipinski definition) is 2. The van der Waals surface area contributed by atoms with Crippen LogP contribution in [0.3, 0.4) is 0 Å². The second kappa shape index (κ2) is 8.09. The molecule has 0 aliphatic carbocycles. The highest BCUT2D eigenvalue weighted by Gasteiger charge is 2.27. The summed E-state index contributed by atoms with van der Waals surface area (Å²) in [7, 11) is 0. The third kappa shape index (κ3) is 4.03. The zero-order chi connectivity index (χ0) is 20.4. The highest BCUT2D eigenvalue weighted by molar-refractivity contribution is 6.31. The number of nitrogens with one attached hydrogen (secondary N) is 2. The molecule has 29 heavy (non-hydrogen) atoms. The Balaban J connectivity index is 1.76. The van der Waals surface area contributed by atoms with Crippen LogP contribution in [0.25, 0.3) is 5.70 Å². The highest BCUT2D eigenvalue weighted by atomic mass is 35.5. The van der Waals surface area contributed by atoms with Crippen LogP contribution in [0, 0.1) is 6.92 Å². The fraction of sp³-hybridized carbons (Fsp3) is 0.227. The topological polar surface area (TPSA) is 71.8 Å². The van der Waals surface area contributed by atoms with Gasteiger partial charge in [-0.2, -0.15) is 4.98 Å². The van der Waals surface area contributed by atoms with Gasteiger partial charge in [-0.25, -0.2) is 4.68 Å². The molecule has 1 aliphatic rings. The van der Waals surface area contributed by atoms with Crippen molar-refractivity contribution >= 4 is 35.1 Å². The Morgan fingerprint density at radius 2 is 1.97 bits per heavy atom. The molecule has 148 valence electrons. The molecule has 6 nitrogen and oxygen atoms in total. The minimum Gasteiger partial charge on any atom is -0.324 e. The molecule has 0 saturated heterocycles. The maximum absolute atomic E-state index is 12.0. The van der Waals surface area contributed by atoms with Gasteiger partial charge in [0.1, 0.15) is 6.04 Å². The van der Waals surface area contributed by atoms with E-state index in [0.29, 0.717) is 17.4 Å². The van der Waals surface area contributed by atoms with Gasteiger partial charge in [0.2, 0.25) is 11.9 Å². The fourth-order valence-electron chi connectivity index (χ4n) is 3.30. The number of nitrogens with zero attached hydrogens (tertiary/aromatic N) is 3. The number of allylic oxidation sites excluding steroid dienone is 1. The fourth-order valence-corrected chi connectivity index (χ4v) is 3.55. The number of fused-ring (bicyclic) bond motifs is 1. The first kappa shape index (κ1) is 19.2. The predicted molar refractivity (Wildman–Crippen MR) is 116 cm³/mol. The van der Waals surface area contributed by atoms with E-state index in [9.17, 15) is 4.79 Å². The van der Waals surface area contributed by atoms with Crippen LogP contribution in [0.2, 0.25) is 5.02 Å². The van der Waals surface area contributed by atoms with E-state index >= 15 is 0 Å². The zero-order valence-electron chi connectivity index (χ0n) is 16.3. The number of hydrogen-bond acceptors (Lipinski definition) is 4.